The molecule has 21 heavy (non-hydrogen) atoms. The van der Waals surface area contributed by atoms with Crippen LogP contribution in [-0.2, 0) is 4.79 Å². The fraction of sp³-hybridized carbons (Fsp3) is 0.667. The third kappa shape index (κ3) is 6.92. The molecule has 0 unspecified atom stereocenters. The number of rotatable bonds is 10. The number of carbonyl (C=O) groups excluding carboxylic acids is 1. The number of nitrogens with two attached hydrogens (primary N) is 1. The molecule has 0 bridgehead atoms. The molecule has 1 aromatic heterocycles. The first kappa shape index (κ1) is 17.2. The predicted molar refractivity (Wildman–Crippen MR) is 86.4 cm³/mol. The van der Waals surface area contributed by atoms with Crippen LogP contribution in [0.2, 0.25) is 0 Å². The summed E-state index contributed by atoms with van der Waals surface area (Å²) in [6.45, 7) is 7.95. The third-order valence-electron chi connectivity index (χ3n) is 2.97. The Balaban J connectivity index is 2.58. The van der Waals surface area contributed by atoms with Crippen molar-refractivity contribution < 1.29 is 4.79 Å². The van der Waals surface area contributed by atoms with Gasteiger partial charge in [0.25, 0.3) is 0 Å². The average Bonchev–Trinajstić information content (AvgIpc) is 2.44. The molecule has 1 heterocycles. The summed E-state index contributed by atoms with van der Waals surface area (Å²) in [5.41, 5.74) is 5.12. The molecule has 1 amide bonds. The summed E-state index contributed by atoms with van der Waals surface area (Å²) in [5.74, 6) is 2.55. The second-order valence-electron chi connectivity index (χ2n) is 5.43. The van der Waals surface area contributed by atoms with Gasteiger partial charge in [-0.1, -0.05) is 20.8 Å². The highest BCUT2D eigenvalue weighted by molar-refractivity contribution is 5.73. The molecule has 0 radical (unpaired) electrons. The van der Waals surface area contributed by atoms with Crippen LogP contribution >= 0.6 is 0 Å². The standard InChI is InChI=1S/C15H27N5O/c1-4-8-17-13-10-14(20-15(19-13)11(2)3)18-9-6-5-7-12(16)21/h10-11H,4-9H2,1-3H3,(H2,16,21)(H2,17,18,19,20). The number of anilines is 2. The van der Waals surface area contributed by atoms with E-state index >= 15 is 0 Å². The number of amides is 1. The highest BCUT2D eigenvalue weighted by atomic mass is 16.1. The van der Waals surface area contributed by atoms with E-state index in [0.717, 1.165) is 49.8 Å². The second-order valence-corrected chi connectivity index (χ2v) is 5.43. The summed E-state index contributed by atoms with van der Waals surface area (Å²) in [6.07, 6.45) is 3.18. The van der Waals surface area contributed by atoms with Crippen LogP contribution in [0.25, 0.3) is 0 Å². The lowest BCUT2D eigenvalue weighted by Gasteiger charge is -2.12. The number of hydrogen-bond donors (Lipinski definition) is 3. The van der Waals surface area contributed by atoms with Crippen LogP contribution in [0.3, 0.4) is 0 Å². The van der Waals surface area contributed by atoms with Gasteiger partial charge in [0.2, 0.25) is 5.91 Å². The van der Waals surface area contributed by atoms with E-state index in [9.17, 15) is 4.79 Å². The molecular weight excluding hydrogens is 266 g/mol. The van der Waals surface area contributed by atoms with Gasteiger partial charge < -0.3 is 16.4 Å². The molecule has 0 fully saturated rings. The molecule has 0 aliphatic carbocycles. The number of unbranched alkanes of at least 4 members (excludes halogenated alkanes) is 1. The Morgan fingerprint density at radius 2 is 1.81 bits per heavy atom. The number of primary amides is 1. The fourth-order valence-electron chi connectivity index (χ4n) is 1.80. The van der Waals surface area contributed by atoms with Crippen LogP contribution < -0.4 is 16.4 Å². The summed E-state index contributed by atoms with van der Waals surface area (Å²) in [5, 5.41) is 6.58. The number of nitrogens with one attached hydrogen (secondary N) is 2. The summed E-state index contributed by atoms with van der Waals surface area (Å²) < 4.78 is 0. The van der Waals surface area contributed by atoms with Crippen molar-refractivity contribution in [3.8, 4) is 0 Å². The van der Waals surface area contributed by atoms with Crippen molar-refractivity contribution in [3.63, 3.8) is 0 Å². The first-order valence-electron chi connectivity index (χ1n) is 7.68. The molecule has 4 N–H and O–H groups in total. The van der Waals surface area contributed by atoms with Crippen LogP contribution in [0.4, 0.5) is 11.6 Å². The molecular formula is C15H27N5O. The zero-order valence-electron chi connectivity index (χ0n) is 13.3. The van der Waals surface area contributed by atoms with Gasteiger partial charge in [-0.2, -0.15) is 0 Å². The van der Waals surface area contributed by atoms with Gasteiger partial charge in [-0.15, -0.1) is 0 Å². The Morgan fingerprint density at radius 3 is 2.33 bits per heavy atom. The molecule has 0 saturated carbocycles. The molecule has 118 valence electrons. The Labute approximate surface area is 126 Å². The Morgan fingerprint density at radius 1 is 1.19 bits per heavy atom. The van der Waals surface area contributed by atoms with Gasteiger partial charge in [0.05, 0.1) is 0 Å². The van der Waals surface area contributed by atoms with Crippen molar-refractivity contribution in [2.45, 2.75) is 52.4 Å². The predicted octanol–water partition coefficient (Wildman–Crippen LogP) is 2.49. The van der Waals surface area contributed by atoms with Crippen molar-refractivity contribution in [1.29, 1.82) is 0 Å². The van der Waals surface area contributed by atoms with E-state index in [1.165, 1.54) is 0 Å². The Bertz CT molecular complexity index is 448. The van der Waals surface area contributed by atoms with Crippen molar-refractivity contribution in [2.75, 3.05) is 23.7 Å². The molecule has 6 nitrogen and oxygen atoms in total. The number of nitrogens with zero attached hydrogens (tertiary/aromatic N) is 2. The molecule has 0 aliphatic rings. The third-order valence-corrected chi connectivity index (χ3v) is 2.97. The highest BCUT2D eigenvalue weighted by Gasteiger charge is 2.07. The summed E-state index contributed by atoms with van der Waals surface area (Å²) in [4.78, 5) is 19.7. The molecule has 0 aromatic carbocycles. The lowest BCUT2D eigenvalue weighted by atomic mass is 10.2. The average molecular weight is 293 g/mol. The lowest BCUT2D eigenvalue weighted by molar-refractivity contribution is -0.118. The van der Waals surface area contributed by atoms with E-state index in [0.29, 0.717) is 6.42 Å². The maximum absolute atomic E-state index is 10.7. The molecule has 0 saturated heterocycles. The summed E-state index contributed by atoms with van der Waals surface area (Å²) in [7, 11) is 0. The number of aromatic nitrogens is 2. The smallest absolute Gasteiger partial charge is 0.217 e. The van der Waals surface area contributed by atoms with Gasteiger partial charge in [-0.3, -0.25) is 4.79 Å². The van der Waals surface area contributed by atoms with E-state index in [2.05, 4.69) is 41.4 Å². The van der Waals surface area contributed by atoms with Crippen molar-refractivity contribution >= 4 is 17.5 Å². The van der Waals surface area contributed by atoms with E-state index in [4.69, 9.17) is 5.73 Å². The molecule has 0 aliphatic heterocycles. The summed E-state index contributed by atoms with van der Waals surface area (Å²) >= 11 is 0. The van der Waals surface area contributed by atoms with Crippen LogP contribution in [-0.4, -0.2) is 29.0 Å². The van der Waals surface area contributed by atoms with Gasteiger partial charge in [0.1, 0.15) is 17.5 Å². The van der Waals surface area contributed by atoms with Crippen LogP contribution in [0.1, 0.15) is 58.2 Å². The quantitative estimate of drug-likeness (QED) is 0.576. The van der Waals surface area contributed by atoms with E-state index < -0.39 is 0 Å². The minimum atomic E-state index is -0.245. The molecule has 0 atom stereocenters. The van der Waals surface area contributed by atoms with Gasteiger partial charge in [-0.25, -0.2) is 9.97 Å². The zero-order chi connectivity index (χ0) is 15.7. The molecule has 1 rings (SSSR count). The Hall–Kier alpha value is -1.85. The topological polar surface area (TPSA) is 92.9 Å². The van der Waals surface area contributed by atoms with E-state index in [1.807, 2.05) is 6.07 Å². The van der Waals surface area contributed by atoms with E-state index in [-0.39, 0.29) is 11.8 Å². The van der Waals surface area contributed by atoms with Gasteiger partial charge in [0.15, 0.2) is 0 Å². The Kier molecular flexibility index (Phi) is 7.50. The van der Waals surface area contributed by atoms with Crippen LogP contribution in [0.15, 0.2) is 6.07 Å². The lowest BCUT2D eigenvalue weighted by Crippen LogP contribution is -2.12. The number of carbonyl (C=O) groups is 1. The van der Waals surface area contributed by atoms with Gasteiger partial charge in [-0.05, 0) is 19.3 Å². The SMILES string of the molecule is CCCNc1cc(NCCCCC(N)=O)nc(C(C)C)n1. The van der Waals surface area contributed by atoms with Crippen molar-refractivity contribution in [2.24, 2.45) is 5.73 Å². The molecule has 0 spiro atoms. The van der Waals surface area contributed by atoms with E-state index in [1.54, 1.807) is 0 Å². The summed E-state index contributed by atoms with van der Waals surface area (Å²) in [6, 6.07) is 1.93. The minimum Gasteiger partial charge on any atom is -0.370 e. The van der Waals surface area contributed by atoms with Crippen molar-refractivity contribution in [1.82, 2.24) is 9.97 Å². The largest absolute Gasteiger partial charge is 0.370 e. The number of hydrogen-bond acceptors (Lipinski definition) is 5. The molecule has 1 aromatic rings. The van der Waals surface area contributed by atoms with Crippen molar-refractivity contribution in [3.05, 3.63) is 11.9 Å². The minimum absolute atomic E-state index is 0.245. The maximum Gasteiger partial charge on any atom is 0.217 e. The first-order chi connectivity index (χ1) is 10.0. The molecule has 6 heteroatoms. The van der Waals surface area contributed by atoms with Gasteiger partial charge >= 0.3 is 0 Å². The second kappa shape index (κ2) is 9.15. The van der Waals surface area contributed by atoms with Gasteiger partial charge in [0, 0.05) is 31.5 Å². The normalized spacial score (nSPS) is 10.7. The highest BCUT2D eigenvalue weighted by Crippen LogP contribution is 2.17. The van der Waals surface area contributed by atoms with Crippen LogP contribution in [0, 0.1) is 0 Å². The monoisotopic (exact) mass is 293 g/mol. The first-order valence-corrected chi connectivity index (χ1v) is 7.68. The maximum atomic E-state index is 10.7. The fourth-order valence-corrected chi connectivity index (χ4v) is 1.80. The zero-order valence-corrected chi connectivity index (χ0v) is 13.3. The van der Waals surface area contributed by atoms with Crippen LogP contribution in [0.5, 0.6) is 0 Å².